The van der Waals surface area contributed by atoms with E-state index in [1.165, 1.54) is 0 Å². The second kappa shape index (κ2) is 9.48. The first-order valence-electron chi connectivity index (χ1n) is 10.7. The highest BCUT2D eigenvalue weighted by Crippen LogP contribution is 2.33. The molecular formula is C24H30BrN3O4. The van der Waals surface area contributed by atoms with Crippen LogP contribution in [-0.4, -0.2) is 34.3 Å². The molecule has 0 aliphatic carbocycles. The fourth-order valence-corrected chi connectivity index (χ4v) is 4.18. The smallest absolute Gasteiger partial charge is 0.407 e. The van der Waals surface area contributed by atoms with Crippen LogP contribution in [0.25, 0.3) is 21.7 Å². The largest absolute Gasteiger partial charge is 0.492 e. The Labute approximate surface area is 196 Å². The molecule has 3 rings (SSSR count). The highest BCUT2D eigenvalue weighted by molar-refractivity contribution is 9.10. The number of aromatic nitrogens is 2. The average molecular weight is 504 g/mol. The van der Waals surface area contributed by atoms with Gasteiger partial charge in [-0.3, -0.25) is 9.78 Å². The summed E-state index contributed by atoms with van der Waals surface area (Å²) in [6.45, 7) is 11.8. The minimum Gasteiger partial charge on any atom is -0.492 e. The van der Waals surface area contributed by atoms with Gasteiger partial charge in [-0.1, -0.05) is 6.92 Å². The summed E-state index contributed by atoms with van der Waals surface area (Å²) in [4.78, 5) is 31.7. The minimum atomic E-state index is -0.525. The molecule has 2 unspecified atom stereocenters. The summed E-state index contributed by atoms with van der Waals surface area (Å²) >= 11 is 3.60. The van der Waals surface area contributed by atoms with E-state index in [2.05, 4.69) is 38.1 Å². The number of hydrogen-bond acceptors (Lipinski definition) is 5. The number of ether oxygens (including phenoxy) is 2. The Bertz CT molecular complexity index is 1200. The molecule has 0 aliphatic heterocycles. The molecule has 7 nitrogen and oxygen atoms in total. The molecule has 1 aromatic carbocycles. The Morgan fingerprint density at radius 1 is 1.25 bits per heavy atom. The van der Waals surface area contributed by atoms with Gasteiger partial charge in [0.15, 0.2) is 0 Å². The molecule has 3 aromatic rings. The van der Waals surface area contributed by atoms with Crippen LogP contribution in [0.15, 0.2) is 33.7 Å². The van der Waals surface area contributed by atoms with E-state index in [9.17, 15) is 9.59 Å². The van der Waals surface area contributed by atoms with Crippen molar-refractivity contribution >= 4 is 43.7 Å². The first-order valence-corrected chi connectivity index (χ1v) is 11.5. The summed E-state index contributed by atoms with van der Waals surface area (Å²) in [7, 11) is 0. The summed E-state index contributed by atoms with van der Waals surface area (Å²) in [6, 6.07) is 5.60. The summed E-state index contributed by atoms with van der Waals surface area (Å²) in [5, 5.41) is 5.24. The van der Waals surface area contributed by atoms with Crippen molar-refractivity contribution < 1.29 is 14.3 Å². The number of alkyl carbamates (subject to hydrolysis) is 1. The molecular weight excluding hydrogens is 474 g/mol. The van der Waals surface area contributed by atoms with Gasteiger partial charge in [0.2, 0.25) is 0 Å². The SMILES string of the molecule is Cc1nccc2c1c(=O)[nH]c1cc(OCC(C)CC(C)NC(=O)OC(C)(C)C)c(Br)cc12. The summed E-state index contributed by atoms with van der Waals surface area (Å²) in [5.74, 6) is 0.838. The standard InChI is InChI=1S/C24H30BrN3O4/c1-13(9-14(2)27-23(30)32-24(4,5)6)12-31-20-11-19-17(10-18(20)25)16-7-8-26-15(3)21(16)22(29)28-19/h7-8,10-11,13-14H,9,12H2,1-6H3,(H,27,30)(H,28,29). The Morgan fingerprint density at radius 2 is 1.97 bits per heavy atom. The van der Waals surface area contributed by atoms with Crippen LogP contribution in [0.2, 0.25) is 0 Å². The van der Waals surface area contributed by atoms with Crippen LogP contribution < -0.4 is 15.6 Å². The Hall–Kier alpha value is -2.61. The lowest BCUT2D eigenvalue weighted by molar-refractivity contribution is 0.0500. The molecule has 32 heavy (non-hydrogen) atoms. The van der Waals surface area contributed by atoms with E-state index in [4.69, 9.17) is 9.47 Å². The van der Waals surface area contributed by atoms with Gasteiger partial charge in [0.1, 0.15) is 11.4 Å². The number of amides is 1. The number of rotatable bonds is 6. The van der Waals surface area contributed by atoms with Gasteiger partial charge in [0.05, 0.1) is 27.7 Å². The maximum absolute atomic E-state index is 12.6. The third-order valence-corrected chi connectivity index (χ3v) is 5.64. The number of pyridine rings is 2. The topological polar surface area (TPSA) is 93.3 Å². The molecule has 1 amide bonds. The van der Waals surface area contributed by atoms with Gasteiger partial charge in [-0.25, -0.2) is 4.79 Å². The van der Waals surface area contributed by atoms with Crippen molar-refractivity contribution in [2.24, 2.45) is 5.92 Å². The molecule has 0 bridgehead atoms. The van der Waals surface area contributed by atoms with E-state index in [1.54, 1.807) is 6.20 Å². The van der Waals surface area contributed by atoms with Crippen molar-refractivity contribution in [2.45, 2.75) is 59.6 Å². The molecule has 0 fully saturated rings. The number of hydrogen-bond donors (Lipinski definition) is 2. The lowest BCUT2D eigenvalue weighted by Gasteiger charge is -2.23. The number of nitrogens with one attached hydrogen (secondary N) is 2. The number of aryl methyl sites for hydroxylation is 1. The van der Waals surface area contributed by atoms with Crippen LogP contribution in [0.5, 0.6) is 5.75 Å². The summed E-state index contributed by atoms with van der Waals surface area (Å²) < 4.78 is 12.2. The highest BCUT2D eigenvalue weighted by Gasteiger charge is 2.19. The molecule has 8 heteroatoms. The van der Waals surface area contributed by atoms with Crippen LogP contribution >= 0.6 is 15.9 Å². The van der Waals surface area contributed by atoms with Crippen molar-refractivity contribution in [1.29, 1.82) is 0 Å². The number of nitrogens with zero attached hydrogens (tertiary/aromatic N) is 1. The molecule has 2 atom stereocenters. The number of halogens is 1. The third-order valence-electron chi connectivity index (χ3n) is 5.02. The van der Waals surface area contributed by atoms with Crippen LogP contribution in [0.3, 0.4) is 0 Å². The zero-order valence-electron chi connectivity index (χ0n) is 19.3. The van der Waals surface area contributed by atoms with Crippen LogP contribution in [0.1, 0.15) is 46.7 Å². The molecule has 2 aromatic heterocycles. The van der Waals surface area contributed by atoms with Crippen molar-refractivity contribution in [3.63, 3.8) is 0 Å². The maximum atomic E-state index is 12.6. The minimum absolute atomic E-state index is 0.0527. The van der Waals surface area contributed by atoms with Crippen molar-refractivity contribution in [2.75, 3.05) is 6.61 Å². The molecule has 0 saturated heterocycles. The van der Waals surface area contributed by atoms with Crippen molar-refractivity contribution in [1.82, 2.24) is 15.3 Å². The number of carbonyl (C=O) groups is 1. The Kier molecular flexibility index (Phi) is 7.12. The highest BCUT2D eigenvalue weighted by atomic mass is 79.9. The van der Waals surface area contributed by atoms with E-state index >= 15 is 0 Å². The van der Waals surface area contributed by atoms with E-state index in [1.807, 2.05) is 52.8 Å². The van der Waals surface area contributed by atoms with E-state index in [0.717, 1.165) is 21.7 Å². The zero-order chi connectivity index (χ0) is 23.6. The number of benzene rings is 1. The average Bonchev–Trinajstić information content (AvgIpc) is 2.65. The normalized spacial score (nSPS) is 13.7. The van der Waals surface area contributed by atoms with Crippen LogP contribution in [0.4, 0.5) is 4.79 Å². The van der Waals surface area contributed by atoms with Crippen molar-refractivity contribution in [3.05, 3.63) is 44.9 Å². The first kappa shape index (κ1) is 24.0. The number of carbonyl (C=O) groups excluding carboxylic acids is 1. The second-order valence-corrected chi connectivity index (χ2v) is 10.2. The monoisotopic (exact) mass is 503 g/mol. The maximum Gasteiger partial charge on any atom is 0.407 e. The summed E-state index contributed by atoms with van der Waals surface area (Å²) in [5.41, 5.74) is 0.716. The fourth-order valence-electron chi connectivity index (χ4n) is 3.72. The van der Waals surface area contributed by atoms with Gasteiger partial charge in [-0.05, 0) is 80.4 Å². The molecule has 0 saturated carbocycles. The molecule has 0 radical (unpaired) electrons. The van der Waals surface area contributed by atoms with Crippen LogP contribution in [-0.2, 0) is 4.74 Å². The lowest BCUT2D eigenvalue weighted by Crippen LogP contribution is -2.38. The van der Waals surface area contributed by atoms with E-state index < -0.39 is 11.7 Å². The second-order valence-electron chi connectivity index (χ2n) is 9.30. The van der Waals surface area contributed by atoms with Crippen molar-refractivity contribution in [3.8, 4) is 5.75 Å². The van der Waals surface area contributed by atoms with Gasteiger partial charge >= 0.3 is 6.09 Å². The molecule has 0 spiro atoms. The lowest BCUT2D eigenvalue weighted by atomic mass is 10.0. The Morgan fingerprint density at radius 3 is 2.66 bits per heavy atom. The van der Waals surface area contributed by atoms with Gasteiger partial charge < -0.3 is 19.8 Å². The molecule has 0 aliphatic rings. The Balaban J connectivity index is 1.70. The van der Waals surface area contributed by atoms with Gasteiger partial charge in [-0.2, -0.15) is 0 Å². The van der Waals surface area contributed by atoms with Gasteiger partial charge in [-0.15, -0.1) is 0 Å². The fraction of sp³-hybridized carbons (Fsp3) is 0.458. The number of fused-ring (bicyclic) bond motifs is 3. The predicted octanol–water partition coefficient (Wildman–Crippen LogP) is 5.47. The molecule has 2 heterocycles. The van der Waals surface area contributed by atoms with Crippen LogP contribution in [0, 0.1) is 12.8 Å². The molecule has 2 N–H and O–H groups in total. The number of aromatic amines is 1. The number of H-pyrrole nitrogens is 1. The van der Waals surface area contributed by atoms with Gasteiger partial charge in [0.25, 0.3) is 5.56 Å². The van der Waals surface area contributed by atoms with E-state index in [0.29, 0.717) is 29.0 Å². The quantitative estimate of drug-likeness (QED) is 0.435. The van der Waals surface area contributed by atoms with E-state index in [-0.39, 0.29) is 17.5 Å². The predicted molar refractivity (Wildman–Crippen MR) is 130 cm³/mol. The summed E-state index contributed by atoms with van der Waals surface area (Å²) in [6.07, 6.45) is 2.03. The zero-order valence-corrected chi connectivity index (χ0v) is 20.9. The first-order chi connectivity index (χ1) is 14.9. The third kappa shape index (κ3) is 5.79. The molecule has 172 valence electrons. The van der Waals surface area contributed by atoms with Gasteiger partial charge in [0, 0.05) is 23.7 Å².